The molecular weight excluding hydrogens is 442 g/mol. The number of pyridine rings is 2. The van der Waals surface area contributed by atoms with E-state index in [1.54, 1.807) is 24.5 Å². The molecule has 3 aromatic carbocycles. The second-order valence-electron chi connectivity index (χ2n) is 8.31. The van der Waals surface area contributed by atoms with Crippen LogP contribution in [-0.2, 0) is 9.84 Å². The van der Waals surface area contributed by atoms with Crippen molar-refractivity contribution in [1.29, 1.82) is 0 Å². The van der Waals surface area contributed by atoms with Crippen molar-refractivity contribution in [3.63, 3.8) is 0 Å². The van der Waals surface area contributed by atoms with Crippen LogP contribution >= 0.6 is 0 Å². The maximum atomic E-state index is 11.7. The summed E-state index contributed by atoms with van der Waals surface area (Å²) in [6.45, 7) is 2.07. The average molecular weight is 466 g/mol. The fourth-order valence-corrected chi connectivity index (χ4v) is 4.51. The van der Waals surface area contributed by atoms with Crippen LogP contribution in [-0.4, -0.2) is 24.6 Å². The Balaban J connectivity index is 1.45. The molecule has 0 atom stereocenters. The third-order valence-corrected chi connectivity index (χ3v) is 6.87. The molecule has 34 heavy (non-hydrogen) atoms. The van der Waals surface area contributed by atoms with Crippen molar-refractivity contribution in [3.8, 4) is 22.4 Å². The second-order valence-corrected chi connectivity index (χ2v) is 10.3. The summed E-state index contributed by atoms with van der Waals surface area (Å²) in [5.41, 5.74) is 7.84. The minimum absolute atomic E-state index is 0.309. The van der Waals surface area contributed by atoms with E-state index in [0.717, 1.165) is 44.7 Å². The van der Waals surface area contributed by atoms with E-state index in [0.29, 0.717) is 4.90 Å². The molecule has 5 nitrogen and oxygen atoms in total. The van der Waals surface area contributed by atoms with Gasteiger partial charge in [0.25, 0.3) is 0 Å². The van der Waals surface area contributed by atoms with Crippen LogP contribution in [0.2, 0.25) is 0 Å². The molecule has 0 saturated carbocycles. The third kappa shape index (κ3) is 4.54. The van der Waals surface area contributed by atoms with Gasteiger partial charge in [0.05, 0.1) is 16.1 Å². The Labute approximate surface area is 199 Å². The van der Waals surface area contributed by atoms with E-state index >= 15 is 0 Å². The zero-order valence-corrected chi connectivity index (χ0v) is 19.7. The normalized spacial score (nSPS) is 11.5. The van der Waals surface area contributed by atoms with Crippen LogP contribution in [0.5, 0.6) is 0 Å². The van der Waals surface area contributed by atoms with Crippen LogP contribution in [0.25, 0.3) is 33.3 Å². The summed E-state index contributed by atoms with van der Waals surface area (Å²) in [6.07, 6.45) is 4.80. The SMILES string of the molecule is Cc1ccc(-c2cc(Nc3ccnc4cc(-c5ccc(S(C)(=O)=O)cc5)ccc34)ccn2)cc1. The molecule has 5 aromatic rings. The number of nitrogens with zero attached hydrogens (tertiary/aromatic N) is 2. The van der Waals surface area contributed by atoms with E-state index < -0.39 is 9.84 Å². The highest BCUT2D eigenvalue weighted by Crippen LogP contribution is 2.30. The van der Waals surface area contributed by atoms with Gasteiger partial charge in [-0.05, 0) is 54.4 Å². The lowest BCUT2D eigenvalue weighted by Gasteiger charge is -2.12. The quantitative estimate of drug-likeness (QED) is 0.324. The third-order valence-electron chi connectivity index (χ3n) is 5.74. The molecular formula is C28H23N3O2S. The number of nitrogens with one attached hydrogen (secondary N) is 1. The molecule has 1 N–H and O–H groups in total. The van der Waals surface area contributed by atoms with Crippen LogP contribution in [0.15, 0.2) is 102 Å². The molecule has 0 bridgehead atoms. The monoisotopic (exact) mass is 465 g/mol. The van der Waals surface area contributed by atoms with Gasteiger partial charge in [0.15, 0.2) is 9.84 Å². The molecule has 0 amide bonds. The molecule has 168 valence electrons. The van der Waals surface area contributed by atoms with E-state index in [1.807, 2.05) is 48.5 Å². The highest BCUT2D eigenvalue weighted by molar-refractivity contribution is 7.90. The first-order valence-electron chi connectivity index (χ1n) is 10.9. The Kier molecular flexibility index (Phi) is 5.59. The average Bonchev–Trinajstić information content (AvgIpc) is 2.84. The number of anilines is 2. The van der Waals surface area contributed by atoms with Crippen molar-refractivity contribution in [1.82, 2.24) is 9.97 Å². The van der Waals surface area contributed by atoms with Crippen molar-refractivity contribution < 1.29 is 8.42 Å². The molecule has 0 spiro atoms. The maximum Gasteiger partial charge on any atom is 0.175 e. The summed E-state index contributed by atoms with van der Waals surface area (Å²) in [7, 11) is -3.22. The molecule has 0 radical (unpaired) electrons. The van der Waals surface area contributed by atoms with Gasteiger partial charge in [-0.2, -0.15) is 0 Å². The number of fused-ring (bicyclic) bond motifs is 1. The Hall–Kier alpha value is -4.03. The summed E-state index contributed by atoms with van der Waals surface area (Å²) >= 11 is 0. The fourth-order valence-electron chi connectivity index (χ4n) is 3.88. The van der Waals surface area contributed by atoms with Gasteiger partial charge in [-0.1, -0.05) is 54.1 Å². The van der Waals surface area contributed by atoms with Crippen molar-refractivity contribution in [2.45, 2.75) is 11.8 Å². The molecule has 5 rings (SSSR count). The Morgan fingerprint density at radius 1 is 0.706 bits per heavy atom. The molecule has 0 fully saturated rings. The van der Waals surface area contributed by atoms with Crippen molar-refractivity contribution in [2.75, 3.05) is 11.6 Å². The molecule has 0 aliphatic rings. The highest BCUT2D eigenvalue weighted by Gasteiger charge is 2.09. The van der Waals surface area contributed by atoms with Crippen LogP contribution in [0.4, 0.5) is 11.4 Å². The number of hydrogen-bond donors (Lipinski definition) is 1. The van der Waals surface area contributed by atoms with Gasteiger partial charge in [-0.25, -0.2) is 8.42 Å². The standard InChI is InChI=1S/C28H23N3O2S/c1-19-3-5-21(6-4-19)27-18-23(13-15-29-27)31-26-14-16-30-28-17-22(9-12-25(26)28)20-7-10-24(11-8-20)34(2,32)33/h3-18H,1-2H3,(H,29,30,31). The van der Waals surface area contributed by atoms with Gasteiger partial charge < -0.3 is 5.32 Å². The smallest absolute Gasteiger partial charge is 0.175 e. The van der Waals surface area contributed by atoms with Crippen molar-refractivity contribution in [2.24, 2.45) is 0 Å². The summed E-state index contributed by atoms with van der Waals surface area (Å²) in [5.74, 6) is 0. The largest absolute Gasteiger partial charge is 0.355 e. The van der Waals surface area contributed by atoms with Crippen molar-refractivity contribution in [3.05, 3.63) is 103 Å². The Morgan fingerprint density at radius 2 is 1.38 bits per heavy atom. The lowest BCUT2D eigenvalue weighted by molar-refractivity contribution is 0.602. The van der Waals surface area contributed by atoms with Gasteiger partial charge >= 0.3 is 0 Å². The van der Waals surface area contributed by atoms with E-state index in [4.69, 9.17) is 0 Å². The Bertz CT molecular complexity index is 1590. The van der Waals surface area contributed by atoms with Gasteiger partial charge in [0, 0.05) is 41.0 Å². The maximum absolute atomic E-state index is 11.7. The van der Waals surface area contributed by atoms with Crippen LogP contribution in [0.3, 0.4) is 0 Å². The minimum Gasteiger partial charge on any atom is -0.355 e. The van der Waals surface area contributed by atoms with Crippen LogP contribution in [0.1, 0.15) is 5.56 Å². The fraction of sp³-hybridized carbons (Fsp3) is 0.0714. The van der Waals surface area contributed by atoms with Gasteiger partial charge in [0.2, 0.25) is 0 Å². The lowest BCUT2D eigenvalue weighted by atomic mass is 10.0. The minimum atomic E-state index is -3.22. The van der Waals surface area contributed by atoms with Gasteiger partial charge in [-0.15, -0.1) is 0 Å². The number of rotatable bonds is 5. The zero-order chi connectivity index (χ0) is 23.7. The highest BCUT2D eigenvalue weighted by atomic mass is 32.2. The van der Waals surface area contributed by atoms with E-state index in [9.17, 15) is 8.42 Å². The molecule has 6 heteroatoms. The summed E-state index contributed by atoms with van der Waals surface area (Å²) in [5, 5.41) is 4.50. The summed E-state index contributed by atoms with van der Waals surface area (Å²) in [6, 6.07) is 27.2. The molecule has 0 aliphatic carbocycles. The van der Waals surface area contributed by atoms with Crippen LogP contribution in [0, 0.1) is 6.92 Å². The second kappa shape index (κ2) is 8.72. The van der Waals surface area contributed by atoms with E-state index in [1.165, 1.54) is 11.8 Å². The Morgan fingerprint density at radius 3 is 2.12 bits per heavy atom. The van der Waals surface area contributed by atoms with Gasteiger partial charge in [0.1, 0.15) is 0 Å². The molecule has 2 aromatic heterocycles. The number of aromatic nitrogens is 2. The summed E-state index contributed by atoms with van der Waals surface area (Å²) < 4.78 is 23.5. The number of benzene rings is 3. The van der Waals surface area contributed by atoms with E-state index in [-0.39, 0.29) is 0 Å². The van der Waals surface area contributed by atoms with Crippen molar-refractivity contribution >= 4 is 32.1 Å². The molecule has 0 aliphatic heterocycles. The predicted octanol–water partition coefficient (Wildman–Crippen LogP) is 6.42. The zero-order valence-electron chi connectivity index (χ0n) is 18.9. The molecule has 2 heterocycles. The topological polar surface area (TPSA) is 72.0 Å². The first-order valence-corrected chi connectivity index (χ1v) is 12.8. The molecule has 0 saturated heterocycles. The van der Waals surface area contributed by atoms with Crippen LogP contribution < -0.4 is 5.32 Å². The van der Waals surface area contributed by atoms with E-state index in [2.05, 4.69) is 46.5 Å². The number of sulfone groups is 1. The first kappa shape index (κ1) is 21.8. The predicted molar refractivity (Wildman–Crippen MR) is 138 cm³/mol. The number of hydrogen-bond acceptors (Lipinski definition) is 5. The van der Waals surface area contributed by atoms with Gasteiger partial charge in [-0.3, -0.25) is 9.97 Å². The molecule has 0 unspecified atom stereocenters. The number of aryl methyl sites for hydroxylation is 1. The first-order chi connectivity index (χ1) is 16.4. The lowest BCUT2D eigenvalue weighted by Crippen LogP contribution is -1.96. The summed E-state index contributed by atoms with van der Waals surface area (Å²) in [4.78, 5) is 9.38.